The third-order valence-electron chi connectivity index (χ3n) is 6.02. The van der Waals surface area contributed by atoms with Crippen LogP contribution in [0.1, 0.15) is 17.0 Å². The van der Waals surface area contributed by atoms with Crippen molar-refractivity contribution in [2.45, 2.75) is 12.5 Å². The van der Waals surface area contributed by atoms with Gasteiger partial charge in [0.1, 0.15) is 5.82 Å². The van der Waals surface area contributed by atoms with Crippen LogP contribution in [-0.4, -0.2) is 62.9 Å². The normalized spacial score (nSPS) is 15.8. The van der Waals surface area contributed by atoms with Gasteiger partial charge in [0, 0.05) is 30.9 Å². The summed E-state index contributed by atoms with van der Waals surface area (Å²) in [4.78, 5) is 11.4. The smallest absolute Gasteiger partial charge is 0.172 e. The van der Waals surface area contributed by atoms with Crippen LogP contribution >= 0.6 is 0 Å². The lowest BCUT2D eigenvalue weighted by Gasteiger charge is -2.30. The van der Waals surface area contributed by atoms with E-state index < -0.39 is 12.2 Å². The van der Waals surface area contributed by atoms with Gasteiger partial charge in [-0.15, -0.1) is 0 Å². The van der Waals surface area contributed by atoms with Gasteiger partial charge >= 0.3 is 0 Å². The molecular weight excluding hydrogens is 430 g/mol. The molecule has 2 aromatic heterocycles. The van der Waals surface area contributed by atoms with E-state index >= 15 is 0 Å². The highest BCUT2D eigenvalue weighted by Crippen LogP contribution is 2.30. The molecule has 0 aliphatic carbocycles. The van der Waals surface area contributed by atoms with Gasteiger partial charge in [-0.2, -0.15) is 5.10 Å². The number of aliphatic hydroxyl groups is 2. The lowest BCUT2D eigenvalue weighted by Crippen LogP contribution is -2.39. The molecule has 0 saturated carbocycles. The molecule has 1 aliphatic heterocycles. The van der Waals surface area contributed by atoms with E-state index in [1.54, 1.807) is 16.8 Å². The number of benzene rings is 2. The average molecular weight is 458 g/mol. The molecule has 0 unspecified atom stereocenters. The molecule has 34 heavy (non-hydrogen) atoms. The number of morpholine rings is 1. The zero-order chi connectivity index (χ0) is 23.5. The lowest BCUT2D eigenvalue weighted by atomic mass is 9.93. The summed E-state index contributed by atoms with van der Waals surface area (Å²) < 4.78 is 7.17. The highest BCUT2D eigenvalue weighted by Gasteiger charge is 2.35. The Morgan fingerprint density at radius 2 is 1.71 bits per heavy atom. The summed E-state index contributed by atoms with van der Waals surface area (Å²) in [6.45, 7) is 4.02. The molecule has 3 heterocycles. The van der Waals surface area contributed by atoms with Gasteiger partial charge in [-0.05, 0) is 24.6 Å². The first-order valence-corrected chi connectivity index (χ1v) is 11.3. The highest BCUT2D eigenvalue weighted by atomic mass is 16.5. The number of aliphatic hydroxyl groups excluding tert-OH is 1. The van der Waals surface area contributed by atoms with Crippen LogP contribution in [0.25, 0.3) is 17.1 Å². The van der Waals surface area contributed by atoms with Crippen LogP contribution in [0.3, 0.4) is 0 Å². The maximum absolute atomic E-state index is 11.5. The largest absolute Gasteiger partial charge is 0.393 e. The van der Waals surface area contributed by atoms with Crippen LogP contribution in [0.15, 0.2) is 72.9 Å². The molecule has 174 valence electrons. The third-order valence-corrected chi connectivity index (χ3v) is 6.02. The minimum atomic E-state index is -1.76. The zero-order valence-corrected chi connectivity index (χ0v) is 19.0. The van der Waals surface area contributed by atoms with Gasteiger partial charge in [0.25, 0.3) is 0 Å². The molecule has 1 fully saturated rings. The van der Waals surface area contributed by atoms with Crippen molar-refractivity contribution in [1.29, 1.82) is 0 Å². The Kier molecular flexibility index (Phi) is 6.10. The number of ether oxygens (including phenoxy) is 1. The number of aromatic nitrogens is 4. The first-order chi connectivity index (χ1) is 16.6. The maximum atomic E-state index is 11.5. The van der Waals surface area contributed by atoms with Gasteiger partial charge in [-0.25, -0.2) is 14.6 Å². The van der Waals surface area contributed by atoms with Crippen LogP contribution in [0.2, 0.25) is 0 Å². The molecule has 1 atom stereocenters. The van der Waals surface area contributed by atoms with E-state index in [0.717, 1.165) is 16.8 Å². The molecule has 5 rings (SSSR count). The van der Waals surface area contributed by atoms with Crippen LogP contribution in [0, 0.1) is 6.92 Å². The number of hydrogen-bond donors (Lipinski definition) is 2. The summed E-state index contributed by atoms with van der Waals surface area (Å²) in [6, 6.07) is 20.9. The summed E-state index contributed by atoms with van der Waals surface area (Å²) in [5.74, 6) is 1.28. The third kappa shape index (κ3) is 4.31. The van der Waals surface area contributed by atoms with Crippen molar-refractivity contribution in [3.63, 3.8) is 0 Å². The Labute approximate surface area is 198 Å². The van der Waals surface area contributed by atoms with Crippen molar-refractivity contribution >= 4 is 5.82 Å². The molecule has 2 aromatic carbocycles. The molecule has 0 spiro atoms. The van der Waals surface area contributed by atoms with E-state index in [0.29, 0.717) is 43.5 Å². The van der Waals surface area contributed by atoms with Gasteiger partial charge in [0.15, 0.2) is 17.2 Å². The fraction of sp³-hybridized carbons (Fsp3) is 0.269. The second-order valence-electron chi connectivity index (χ2n) is 8.41. The monoisotopic (exact) mass is 457 g/mol. The van der Waals surface area contributed by atoms with Gasteiger partial charge in [-0.1, -0.05) is 54.1 Å². The molecular formula is C26H27N5O3. The number of aryl methyl sites for hydroxylation is 1. The topological polar surface area (TPSA) is 96.5 Å². The van der Waals surface area contributed by atoms with Gasteiger partial charge in [0.2, 0.25) is 0 Å². The van der Waals surface area contributed by atoms with Crippen LogP contribution in [-0.2, 0) is 10.3 Å². The minimum absolute atomic E-state index is 0.118. The summed E-state index contributed by atoms with van der Waals surface area (Å²) in [5, 5.41) is 26.5. The second-order valence-corrected chi connectivity index (χ2v) is 8.41. The van der Waals surface area contributed by atoms with Crippen LogP contribution in [0.5, 0.6) is 0 Å². The van der Waals surface area contributed by atoms with E-state index in [-0.39, 0.29) is 5.82 Å². The molecule has 1 aliphatic rings. The van der Waals surface area contributed by atoms with Crippen molar-refractivity contribution in [3.05, 3.63) is 89.9 Å². The van der Waals surface area contributed by atoms with Crippen molar-refractivity contribution in [1.82, 2.24) is 19.7 Å². The molecule has 0 amide bonds. The number of hydrogen-bond acceptors (Lipinski definition) is 7. The summed E-state index contributed by atoms with van der Waals surface area (Å²) in [7, 11) is 0. The predicted molar refractivity (Wildman–Crippen MR) is 129 cm³/mol. The molecule has 4 aromatic rings. The van der Waals surface area contributed by atoms with Gasteiger partial charge in [0.05, 0.1) is 25.5 Å². The van der Waals surface area contributed by atoms with Crippen LogP contribution in [0.4, 0.5) is 5.82 Å². The SMILES string of the molecule is Cc1cccc(-c2ccn(-c3cc(N4CCOCC4)nc([C@](O)(CO)c4ccccc4)n3)n2)c1. The van der Waals surface area contributed by atoms with Crippen molar-refractivity contribution in [2.75, 3.05) is 37.8 Å². The molecule has 0 bridgehead atoms. The zero-order valence-electron chi connectivity index (χ0n) is 19.0. The number of nitrogens with zero attached hydrogens (tertiary/aromatic N) is 5. The maximum Gasteiger partial charge on any atom is 0.172 e. The first kappa shape index (κ1) is 22.2. The van der Waals surface area contributed by atoms with E-state index in [4.69, 9.17) is 9.84 Å². The fourth-order valence-corrected chi connectivity index (χ4v) is 4.09. The van der Waals surface area contributed by atoms with E-state index in [1.807, 2.05) is 61.7 Å². The lowest BCUT2D eigenvalue weighted by molar-refractivity contribution is 0.00986. The van der Waals surface area contributed by atoms with Gasteiger partial charge < -0.3 is 19.8 Å². The highest BCUT2D eigenvalue weighted by molar-refractivity contribution is 5.60. The summed E-state index contributed by atoms with van der Waals surface area (Å²) >= 11 is 0. The molecule has 0 radical (unpaired) electrons. The summed E-state index contributed by atoms with van der Waals surface area (Å²) in [5.41, 5.74) is 1.74. The Bertz CT molecular complexity index is 1270. The number of rotatable bonds is 6. The second kappa shape index (κ2) is 9.34. The van der Waals surface area contributed by atoms with E-state index in [9.17, 15) is 10.2 Å². The molecule has 8 heteroatoms. The van der Waals surface area contributed by atoms with E-state index in [2.05, 4.69) is 20.9 Å². The van der Waals surface area contributed by atoms with Crippen LogP contribution < -0.4 is 4.90 Å². The molecule has 2 N–H and O–H groups in total. The van der Waals surface area contributed by atoms with Gasteiger partial charge in [-0.3, -0.25) is 0 Å². The number of anilines is 1. The van der Waals surface area contributed by atoms with Crippen molar-refractivity contribution in [2.24, 2.45) is 0 Å². The Balaban J connectivity index is 1.61. The van der Waals surface area contributed by atoms with Crippen molar-refractivity contribution in [3.8, 4) is 17.1 Å². The molecule has 8 nitrogen and oxygen atoms in total. The Morgan fingerprint density at radius 1 is 0.941 bits per heavy atom. The standard InChI is InChI=1S/C26H27N5O3/c1-19-6-5-7-20(16-19)22-10-11-31(29-22)24-17-23(30-12-14-34-15-13-30)27-25(28-24)26(33,18-32)21-8-3-2-4-9-21/h2-11,16-17,32-33H,12-15,18H2,1H3/t26-/m0/s1. The summed E-state index contributed by atoms with van der Waals surface area (Å²) in [6.07, 6.45) is 1.84. The average Bonchev–Trinajstić information content (AvgIpc) is 3.40. The Morgan fingerprint density at radius 3 is 2.44 bits per heavy atom. The minimum Gasteiger partial charge on any atom is -0.393 e. The first-order valence-electron chi connectivity index (χ1n) is 11.3. The Hall–Kier alpha value is -3.59. The molecule has 1 saturated heterocycles. The van der Waals surface area contributed by atoms with Crippen molar-refractivity contribution < 1.29 is 14.9 Å². The fourth-order valence-electron chi connectivity index (χ4n) is 4.09. The van der Waals surface area contributed by atoms with E-state index in [1.165, 1.54) is 0 Å². The predicted octanol–water partition coefficient (Wildman–Crippen LogP) is 2.70. The quantitative estimate of drug-likeness (QED) is 0.460.